The van der Waals surface area contributed by atoms with E-state index >= 15 is 0 Å². The summed E-state index contributed by atoms with van der Waals surface area (Å²) in [4.78, 5) is 13.8. The summed E-state index contributed by atoms with van der Waals surface area (Å²) in [6.45, 7) is 6.72. The van der Waals surface area contributed by atoms with Crippen LogP contribution < -0.4 is 0 Å². The van der Waals surface area contributed by atoms with E-state index in [1.165, 1.54) is 12.8 Å². The summed E-state index contributed by atoms with van der Waals surface area (Å²) < 4.78 is 0. The highest BCUT2D eigenvalue weighted by Gasteiger charge is 2.55. The van der Waals surface area contributed by atoms with Crippen LogP contribution >= 0.6 is 0 Å². The number of aliphatic carboxylic acids is 1. The lowest BCUT2D eigenvalue weighted by molar-refractivity contribution is -0.149. The molecule has 4 unspecified atom stereocenters. The first-order chi connectivity index (χ1) is 7.48. The molecule has 0 radical (unpaired) electrons. The van der Waals surface area contributed by atoms with E-state index in [-0.39, 0.29) is 5.92 Å². The maximum Gasteiger partial charge on any atom is 0.308 e. The molecule has 3 aliphatic rings. The van der Waals surface area contributed by atoms with E-state index < -0.39 is 5.97 Å². The molecule has 1 heterocycles. The van der Waals surface area contributed by atoms with Crippen LogP contribution in [0.25, 0.3) is 0 Å². The Hall–Kier alpha value is -0.570. The fourth-order valence-electron chi connectivity index (χ4n) is 4.40. The van der Waals surface area contributed by atoms with Crippen LogP contribution in [0.3, 0.4) is 0 Å². The summed E-state index contributed by atoms with van der Waals surface area (Å²) in [6.07, 6.45) is 3.57. The van der Waals surface area contributed by atoms with Crippen molar-refractivity contribution in [2.75, 3.05) is 13.1 Å². The first-order valence-corrected chi connectivity index (χ1v) is 6.45. The summed E-state index contributed by atoms with van der Waals surface area (Å²) in [7, 11) is 0. The van der Waals surface area contributed by atoms with Gasteiger partial charge in [-0.25, -0.2) is 0 Å². The Bertz CT molecular complexity index is 318. The predicted octanol–water partition coefficient (Wildman–Crippen LogP) is 1.83. The molecular weight excluding hydrogens is 202 g/mol. The fraction of sp³-hybridized carbons (Fsp3) is 0.923. The summed E-state index contributed by atoms with van der Waals surface area (Å²) in [5, 5.41) is 9.38. The standard InChI is InChI=1S/C13H21NO2/c1-13(2)6-14(7-13)11-9-4-3-8(5-9)10(11)12(15)16/h8-11H,3-7H2,1-2H3,(H,15,16). The minimum Gasteiger partial charge on any atom is -0.481 e. The van der Waals surface area contributed by atoms with Crippen molar-refractivity contribution in [1.82, 2.24) is 4.90 Å². The lowest BCUT2D eigenvalue weighted by Gasteiger charge is -2.52. The molecule has 90 valence electrons. The Balaban J connectivity index is 1.76. The number of likely N-dealkylation sites (tertiary alicyclic amines) is 1. The zero-order valence-corrected chi connectivity index (χ0v) is 10.1. The summed E-state index contributed by atoms with van der Waals surface area (Å²) >= 11 is 0. The predicted molar refractivity (Wildman–Crippen MR) is 61.1 cm³/mol. The van der Waals surface area contributed by atoms with Gasteiger partial charge in [-0.2, -0.15) is 0 Å². The van der Waals surface area contributed by atoms with Gasteiger partial charge in [-0.15, -0.1) is 0 Å². The molecule has 3 heteroatoms. The molecule has 1 aliphatic heterocycles. The Morgan fingerprint density at radius 1 is 1.25 bits per heavy atom. The van der Waals surface area contributed by atoms with Crippen LogP contribution in [0.15, 0.2) is 0 Å². The van der Waals surface area contributed by atoms with Gasteiger partial charge in [-0.3, -0.25) is 9.69 Å². The third kappa shape index (κ3) is 1.41. The molecule has 4 atom stereocenters. The summed E-state index contributed by atoms with van der Waals surface area (Å²) in [5.41, 5.74) is 0.408. The average Bonchev–Trinajstić information content (AvgIpc) is 2.71. The first kappa shape index (κ1) is 10.6. The lowest BCUT2D eigenvalue weighted by Crippen LogP contribution is -2.61. The van der Waals surface area contributed by atoms with Crippen LogP contribution in [0.1, 0.15) is 33.1 Å². The molecule has 2 bridgehead atoms. The molecule has 2 saturated carbocycles. The molecule has 16 heavy (non-hydrogen) atoms. The maximum atomic E-state index is 11.4. The monoisotopic (exact) mass is 223 g/mol. The summed E-state index contributed by atoms with van der Waals surface area (Å²) in [5.74, 6) is 0.509. The number of carbonyl (C=O) groups is 1. The zero-order chi connectivity index (χ0) is 11.5. The van der Waals surface area contributed by atoms with Crippen LogP contribution in [-0.4, -0.2) is 35.1 Å². The third-order valence-corrected chi connectivity index (χ3v) is 4.84. The van der Waals surface area contributed by atoms with Gasteiger partial charge < -0.3 is 5.11 Å². The number of carboxylic acids is 1. The van der Waals surface area contributed by atoms with Gasteiger partial charge in [0, 0.05) is 19.1 Å². The summed E-state index contributed by atoms with van der Waals surface area (Å²) in [6, 6.07) is 0.351. The third-order valence-electron chi connectivity index (χ3n) is 4.84. The van der Waals surface area contributed by atoms with Gasteiger partial charge in [0.2, 0.25) is 0 Å². The second-order valence-corrected chi connectivity index (χ2v) is 6.76. The van der Waals surface area contributed by atoms with Crippen LogP contribution in [0.5, 0.6) is 0 Å². The van der Waals surface area contributed by atoms with Crippen molar-refractivity contribution in [1.29, 1.82) is 0 Å². The van der Waals surface area contributed by atoms with Crippen LogP contribution in [0.2, 0.25) is 0 Å². The molecule has 0 aromatic heterocycles. The number of hydrogen-bond acceptors (Lipinski definition) is 2. The van der Waals surface area contributed by atoms with Crippen LogP contribution in [0.4, 0.5) is 0 Å². The largest absolute Gasteiger partial charge is 0.481 e. The Morgan fingerprint density at radius 3 is 2.44 bits per heavy atom. The highest BCUT2D eigenvalue weighted by molar-refractivity contribution is 5.72. The van der Waals surface area contributed by atoms with E-state index in [4.69, 9.17) is 0 Å². The Labute approximate surface area is 96.8 Å². The molecule has 3 rings (SSSR count). The van der Waals surface area contributed by atoms with Gasteiger partial charge >= 0.3 is 5.97 Å². The lowest BCUT2D eigenvalue weighted by atomic mass is 9.77. The van der Waals surface area contributed by atoms with Crippen LogP contribution in [-0.2, 0) is 4.79 Å². The highest BCUT2D eigenvalue weighted by Crippen LogP contribution is 2.52. The minimum atomic E-state index is -0.554. The van der Waals surface area contributed by atoms with E-state index in [9.17, 15) is 9.90 Å². The fourth-order valence-corrected chi connectivity index (χ4v) is 4.40. The van der Waals surface area contributed by atoms with Crippen molar-refractivity contribution in [2.24, 2.45) is 23.2 Å². The van der Waals surface area contributed by atoms with Crippen molar-refractivity contribution < 1.29 is 9.90 Å². The minimum absolute atomic E-state index is 0.0742. The second kappa shape index (κ2) is 3.22. The molecule has 0 amide bonds. The van der Waals surface area contributed by atoms with Gasteiger partial charge in [-0.1, -0.05) is 13.8 Å². The molecule has 3 fully saturated rings. The van der Waals surface area contributed by atoms with Crippen molar-refractivity contribution in [3.05, 3.63) is 0 Å². The normalized spacial score (nSPS) is 45.6. The van der Waals surface area contributed by atoms with E-state index in [2.05, 4.69) is 18.7 Å². The van der Waals surface area contributed by atoms with Gasteiger partial charge in [0.05, 0.1) is 5.92 Å². The first-order valence-electron chi connectivity index (χ1n) is 6.45. The molecule has 2 aliphatic carbocycles. The molecule has 0 aromatic rings. The van der Waals surface area contributed by atoms with E-state index in [1.807, 2.05) is 0 Å². The maximum absolute atomic E-state index is 11.4. The van der Waals surface area contributed by atoms with E-state index in [1.54, 1.807) is 0 Å². The van der Waals surface area contributed by atoms with Gasteiger partial charge in [0.1, 0.15) is 0 Å². The molecular formula is C13H21NO2. The van der Waals surface area contributed by atoms with Gasteiger partial charge in [0.25, 0.3) is 0 Å². The highest BCUT2D eigenvalue weighted by atomic mass is 16.4. The number of hydrogen-bond donors (Lipinski definition) is 1. The quantitative estimate of drug-likeness (QED) is 0.776. The number of fused-ring (bicyclic) bond motifs is 2. The van der Waals surface area contributed by atoms with Gasteiger partial charge in [0.15, 0.2) is 0 Å². The zero-order valence-electron chi connectivity index (χ0n) is 10.1. The van der Waals surface area contributed by atoms with Crippen LogP contribution in [0, 0.1) is 23.2 Å². The Morgan fingerprint density at radius 2 is 1.88 bits per heavy atom. The Kier molecular flexibility index (Phi) is 2.13. The molecule has 0 spiro atoms. The van der Waals surface area contributed by atoms with E-state index in [0.29, 0.717) is 23.3 Å². The molecule has 1 N–H and O–H groups in total. The van der Waals surface area contributed by atoms with Crippen molar-refractivity contribution in [3.63, 3.8) is 0 Å². The smallest absolute Gasteiger partial charge is 0.308 e. The topological polar surface area (TPSA) is 40.5 Å². The number of carboxylic acid groups (broad SMARTS) is 1. The number of nitrogens with zero attached hydrogens (tertiary/aromatic N) is 1. The van der Waals surface area contributed by atoms with E-state index in [0.717, 1.165) is 19.5 Å². The number of rotatable bonds is 2. The SMILES string of the molecule is CC1(C)CN(C2C3CCC(C3)C2C(=O)O)C1. The van der Waals surface area contributed by atoms with Crippen molar-refractivity contribution in [2.45, 2.75) is 39.2 Å². The van der Waals surface area contributed by atoms with Crippen molar-refractivity contribution >= 4 is 5.97 Å². The van der Waals surface area contributed by atoms with Gasteiger partial charge in [-0.05, 0) is 36.5 Å². The average molecular weight is 223 g/mol. The van der Waals surface area contributed by atoms with Crippen molar-refractivity contribution in [3.8, 4) is 0 Å². The molecule has 3 nitrogen and oxygen atoms in total. The second-order valence-electron chi connectivity index (χ2n) is 6.76. The molecule has 1 saturated heterocycles. The molecule has 0 aromatic carbocycles.